The number of hydrogen-bond acceptors (Lipinski definition) is 6. The third-order valence-corrected chi connectivity index (χ3v) is 4.44. The van der Waals surface area contributed by atoms with Gasteiger partial charge in [-0.2, -0.15) is 13.9 Å². The van der Waals surface area contributed by atoms with Gasteiger partial charge in [0.1, 0.15) is 28.8 Å². The van der Waals surface area contributed by atoms with Gasteiger partial charge in [-0.15, -0.1) is 0 Å². The lowest BCUT2D eigenvalue weighted by molar-refractivity contribution is -0.0495. The Kier molecular flexibility index (Phi) is 5.02. The average molecular weight is 419 g/mol. The maximum Gasteiger partial charge on any atom is 0.387 e. The minimum atomic E-state index is -3.07. The zero-order chi connectivity index (χ0) is 21.5. The summed E-state index contributed by atoms with van der Waals surface area (Å²) >= 11 is 0. The molecule has 0 aliphatic carbocycles. The highest BCUT2D eigenvalue weighted by Crippen LogP contribution is 2.39. The zero-order valence-electron chi connectivity index (χ0n) is 16.3. The fraction of sp³-hybridized carbons (Fsp3) is 0.300. The Morgan fingerprint density at radius 3 is 2.83 bits per heavy atom. The molecule has 0 amide bonds. The van der Waals surface area contributed by atoms with Gasteiger partial charge in [-0.1, -0.05) is 0 Å². The molecule has 2 aliphatic rings. The van der Waals surface area contributed by atoms with E-state index in [0.717, 1.165) is 18.2 Å². The molecule has 1 N–H and O–H groups in total. The predicted molar refractivity (Wildman–Crippen MR) is 105 cm³/mol. The Morgan fingerprint density at radius 2 is 2.10 bits per heavy atom. The Balaban J connectivity index is 1.82. The maximum atomic E-state index is 14.0. The van der Waals surface area contributed by atoms with Crippen molar-refractivity contribution in [1.29, 1.82) is 0 Å². The number of halogens is 3. The summed E-state index contributed by atoms with van der Waals surface area (Å²) in [5, 5.41) is 18.3. The quantitative estimate of drug-likeness (QED) is 0.776. The number of aromatic nitrogens is 2. The first-order valence-corrected chi connectivity index (χ1v) is 9.23. The number of nitrogens with zero attached hydrogens (tertiary/aromatic N) is 5. The number of hydrogen-bond donors (Lipinski definition) is 1. The molecular formula is C20H20F3N5O2. The number of allylic oxidation sites excluding steroid dienone is 1. The molecule has 2 aromatic rings. The van der Waals surface area contributed by atoms with E-state index in [0.29, 0.717) is 18.1 Å². The van der Waals surface area contributed by atoms with E-state index in [2.05, 4.69) is 14.8 Å². The number of aliphatic hydroxyl groups is 1. The van der Waals surface area contributed by atoms with Gasteiger partial charge in [0.2, 0.25) is 0 Å². The molecule has 0 radical (unpaired) electrons. The summed E-state index contributed by atoms with van der Waals surface area (Å²) in [4.78, 5) is 4.29. The molecule has 2 aliphatic heterocycles. The molecule has 7 nitrogen and oxygen atoms in total. The first kappa shape index (κ1) is 20.0. The molecule has 30 heavy (non-hydrogen) atoms. The highest BCUT2D eigenvalue weighted by atomic mass is 19.3. The van der Waals surface area contributed by atoms with Crippen molar-refractivity contribution in [2.24, 2.45) is 4.99 Å². The van der Waals surface area contributed by atoms with Crippen LogP contribution in [0.2, 0.25) is 0 Å². The van der Waals surface area contributed by atoms with Crippen LogP contribution >= 0.6 is 0 Å². The Morgan fingerprint density at radius 1 is 1.30 bits per heavy atom. The fourth-order valence-electron chi connectivity index (χ4n) is 3.35. The van der Waals surface area contributed by atoms with E-state index in [1.54, 1.807) is 43.5 Å². The van der Waals surface area contributed by atoms with Crippen LogP contribution in [-0.2, 0) is 6.54 Å². The summed E-state index contributed by atoms with van der Waals surface area (Å²) in [5.74, 6) is -0.111. The van der Waals surface area contributed by atoms with E-state index in [1.165, 1.54) is 4.68 Å². The highest BCUT2D eigenvalue weighted by molar-refractivity contribution is 5.80. The van der Waals surface area contributed by atoms with E-state index in [9.17, 15) is 18.3 Å². The first-order chi connectivity index (χ1) is 14.2. The van der Waals surface area contributed by atoms with Gasteiger partial charge in [-0.3, -0.25) is 9.69 Å². The van der Waals surface area contributed by atoms with E-state index in [-0.39, 0.29) is 23.6 Å². The molecule has 0 bridgehead atoms. The average Bonchev–Trinajstić information content (AvgIpc) is 3.25. The molecule has 0 atom stereocenters. The van der Waals surface area contributed by atoms with Crippen LogP contribution < -0.4 is 9.75 Å². The fourth-order valence-corrected chi connectivity index (χ4v) is 3.35. The number of aliphatic imine (C=N–C) groups is 1. The zero-order valence-corrected chi connectivity index (χ0v) is 16.3. The van der Waals surface area contributed by atoms with Gasteiger partial charge in [0, 0.05) is 18.0 Å². The largest absolute Gasteiger partial charge is 0.434 e. The Hall–Kier alpha value is -3.27. The standard InChI is InChI=1S/C20H20F3N5O2/c1-20(2,29)12-26-11-15(27-9-6-17-24-7-3-8-28(17)27)18(25-26)14-10-13(21)4-5-16(14)30-19(22)23/h3-8,10-11,19,29H,9,12H2,1-2H3. The molecule has 10 heteroatoms. The van der Waals surface area contributed by atoms with Gasteiger partial charge in [0.05, 0.1) is 24.9 Å². The van der Waals surface area contributed by atoms with Crippen molar-refractivity contribution in [1.82, 2.24) is 14.8 Å². The summed E-state index contributed by atoms with van der Waals surface area (Å²) in [6.45, 7) is 0.759. The molecule has 0 unspecified atom stereocenters. The van der Waals surface area contributed by atoms with Crippen molar-refractivity contribution in [2.75, 3.05) is 11.6 Å². The van der Waals surface area contributed by atoms with E-state index in [4.69, 9.17) is 0 Å². The molecule has 0 saturated carbocycles. The van der Waals surface area contributed by atoms with Crippen LogP contribution in [0.25, 0.3) is 11.3 Å². The number of anilines is 1. The summed E-state index contributed by atoms with van der Waals surface area (Å²) in [7, 11) is 0. The monoisotopic (exact) mass is 419 g/mol. The SMILES string of the molecule is CC(C)(O)Cn1cc(N2CC=C3N=CC=CN32)c(-c2cc(F)ccc2OC(F)F)n1. The first-order valence-electron chi connectivity index (χ1n) is 9.23. The smallest absolute Gasteiger partial charge is 0.387 e. The molecule has 0 fully saturated rings. The van der Waals surface area contributed by atoms with Crippen molar-refractivity contribution >= 4 is 11.9 Å². The van der Waals surface area contributed by atoms with Crippen molar-refractivity contribution in [3.8, 4) is 17.0 Å². The van der Waals surface area contributed by atoms with Gasteiger partial charge in [-0.25, -0.2) is 14.4 Å². The molecule has 158 valence electrons. The van der Waals surface area contributed by atoms with E-state index >= 15 is 0 Å². The Bertz CT molecular complexity index is 1040. The molecule has 0 spiro atoms. The van der Waals surface area contributed by atoms with Gasteiger partial charge in [0.25, 0.3) is 0 Å². The van der Waals surface area contributed by atoms with Gasteiger partial charge < -0.3 is 9.84 Å². The van der Waals surface area contributed by atoms with Crippen LogP contribution in [0.4, 0.5) is 18.9 Å². The normalized spacial score (nSPS) is 15.8. The molecule has 1 aromatic carbocycles. The molecule has 4 rings (SSSR count). The lowest BCUT2D eigenvalue weighted by atomic mass is 10.1. The third-order valence-electron chi connectivity index (χ3n) is 4.44. The lowest BCUT2D eigenvalue weighted by Gasteiger charge is -2.30. The Labute approximate surface area is 171 Å². The van der Waals surface area contributed by atoms with Gasteiger partial charge in [-0.05, 0) is 44.2 Å². The highest BCUT2D eigenvalue weighted by Gasteiger charge is 2.30. The molecule has 3 heterocycles. The summed E-state index contributed by atoms with van der Waals surface area (Å²) in [6, 6.07) is 3.30. The topological polar surface area (TPSA) is 66.1 Å². The number of hydrazine groups is 1. The van der Waals surface area contributed by atoms with Crippen LogP contribution in [0.1, 0.15) is 13.8 Å². The summed E-state index contributed by atoms with van der Waals surface area (Å²) < 4.78 is 46.0. The van der Waals surface area contributed by atoms with Crippen LogP contribution in [0.15, 0.2) is 53.6 Å². The maximum absolute atomic E-state index is 14.0. The van der Waals surface area contributed by atoms with E-state index in [1.807, 2.05) is 11.1 Å². The second-order valence-corrected chi connectivity index (χ2v) is 7.50. The van der Waals surface area contributed by atoms with Crippen LogP contribution in [-0.4, -0.2) is 44.9 Å². The number of alkyl halides is 2. The second kappa shape index (κ2) is 7.52. The lowest BCUT2D eigenvalue weighted by Crippen LogP contribution is -2.34. The number of rotatable bonds is 6. The van der Waals surface area contributed by atoms with Crippen LogP contribution in [0.5, 0.6) is 5.75 Å². The van der Waals surface area contributed by atoms with Crippen LogP contribution in [0, 0.1) is 5.82 Å². The third kappa shape index (κ3) is 4.04. The number of benzene rings is 1. The summed E-state index contributed by atoms with van der Waals surface area (Å²) in [5.41, 5.74) is -0.226. The van der Waals surface area contributed by atoms with Crippen molar-refractivity contribution in [3.63, 3.8) is 0 Å². The minimum Gasteiger partial charge on any atom is -0.434 e. The van der Waals surface area contributed by atoms with Crippen LogP contribution in [0.3, 0.4) is 0 Å². The van der Waals surface area contributed by atoms with Crippen molar-refractivity contribution in [3.05, 3.63) is 54.4 Å². The molecule has 1 aromatic heterocycles. The number of fused-ring (bicyclic) bond motifs is 1. The van der Waals surface area contributed by atoms with Crippen molar-refractivity contribution in [2.45, 2.75) is 32.6 Å². The minimum absolute atomic E-state index is 0.0812. The number of ether oxygens (including phenoxy) is 1. The second-order valence-electron chi connectivity index (χ2n) is 7.50. The van der Waals surface area contributed by atoms with Gasteiger partial charge in [0.15, 0.2) is 0 Å². The predicted octanol–water partition coefficient (Wildman–Crippen LogP) is 3.54. The molecular weight excluding hydrogens is 399 g/mol. The molecule has 0 saturated heterocycles. The van der Waals surface area contributed by atoms with Gasteiger partial charge >= 0.3 is 6.61 Å². The van der Waals surface area contributed by atoms with Crippen molar-refractivity contribution < 1.29 is 23.0 Å². The summed E-state index contributed by atoms with van der Waals surface area (Å²) in [6.07, 6.45) is 8.77. The van der Waals surface area contributed by atoms with E-state index < -0.39 is 18.0 Å².